The number of nitrogens with zero attached hydrogens (tertiary/aromatic N) is 3. The summed E-state index contributed by atoms with van der Waals surface area (Å²) in [7, 11) is 0. The van der Waals surface area contributed by atoms with Crippen LogP contribution in [-0.4, -0.2) is 33.9 Å². The summed E-state index contributed by atoms with van der Waals surface area (Å²) in [5, 5.41) is 0. The molecule has 0 bridgehead atoms. The number of hydrogen-bond acceptors (Lipinski definition) is 3. The predicted molar refractivity (Wildman–Crippen MR) is 102 cm³/mol. The predicted octanol–water partition coefficient (Wildman–Crippen LogP) is 4.08. The van der Waals surface area contributed by atoms with Gasteiger partial charge in [0.15, 0.2) is 0 Å². The summed E-state index contributed by atoms with van der Waals surface area (Å²) in [6, 6.07) is 16.2. The minimum absolute atomic E-state index is 0.0838. The lowest BCUT2D eigenvalue weighted by Crippen LogP contribution is -2.29. The molecule has 1 saturated heterocycles. The van der Waals surface area contributed by atoms with Crippen molar-refractivity contribution >= 4 is 5.91 Å². The average molecular weight is 343 g/mol. The Balaban J connectivity index is 1.59. The summed E-state index contributed by atoms with van der Waals surface area (Å²) < 4.78 is 0. The molecule has 1 amide bonds. The highest BCUT2D eigenvalue weighted by Gasteiger charge is 2.29. The van der Waals surface area contributed by atoms with Crippen LogP contribution in [0, 0.1) is 6.92 Å². The molecule has 4 nitrogen and oxygen atoms in total. The fourth-order valence-corrected chi connectivity index (χ4v) is 3.77. The summed E-state index contributed by atoms with van der Waals surface area (Å²) in [5.41, 5.74) is 5.12. The second-order valence-electron chi connectivity index (χ2n) is 6.77. The molecule has 2 heterocycles. The first kappa shape index (κ1) is 16.5. The van der Waals surface area contributed by atoms with E-state index in [1.165, 1.54) is 17.5 Å². The molecule has 4 heteroatoms. The molecule has 0 saturated carbocycles. The van der Waals surface area contributed by atoms with Crippen molar-refractivity contribution < 1.29 is 4.79 Å². The number of likely N-dealkylation sites (tertiary alicyclic amines) is 1. The van der Waals surface area contributed by atoms with Gasteiger partial charge in [-0.15, -0.1) is 0 Å². The van der Waals surface area contributed by atoms with Crippen LogP contribution in [0.5, 0.6) is 0 Å². The lowest BCUT2D eigenvalue weighted by atomic mass is 9.94. The second kappa shape index (κ2) is 7.08. The van der Waals surface area contributed by atoms with E-state index >= 15 is 0 Å². The Morgan fingerprint density at radius 1 is 1.04 bits per heavy atom. The van der Waals surface area contributed by atoms with Crippen molar-refractivity contribution in [3.05, 3.63) is 83.9 Å². The molecule has 1 fully saturated rings. The van der Waals surface area contributed by atoms with E-state index in [9.17, 15) is 4.79 Å². The van der Waals surface area contributed by atoms with Crippen molar-refractivity contribution in [2.75, 3.05) is 13.1 Å². The van der Waals surface area contributed by atoms with E-state index in [-0.39, 0.29) is 5.91 Å². The maximum atomic E-state index is 13.2. The summed E-state index contributed by atoms with van der Waals surface area (Å²) in [4.78, 5) is 23.3. The number of carbonyl (C=O) groups excluding carboxylic acids is 1. The van der Waals surface area contributed by atoms with Crippen LogP contribution in [0.25, 0.3) is 11.1 Å². The monoisotopic (exact) mass is 343 g/mol. The van der Waals surface area contributed by atoms with E-state index in [0.717, 1.165) is 30.6 Å². The number of hydrogen-bond donors (Lipinski definition) is 0. The molecule has 130 valence electrons. The zero-order valence-corrected chi connectivity index (χ0v) is 14.8. The number of aromatic nitrogens is 2. The number of benzene rings is 2. The Labute approximate surface area is 153 Å². The highest BCUT2D eigenvalue weighted by molar-refractivity contribution is 6.00. The first-order valence-corrected chi connectivity index (χ1v) is 8.93. The molecular weight excluding hydrogens is 322 g/mol. The first-order chi connectivity index (χ1) is 12.7. The van der Waals surface area contributed by atoms with Crippen molar-refractivity contribution in [1.29, 1.82) is 0 Å². The van der Waals surface area contributed by atoms with E-state index in [2.05, 4.69) is 41.2 Å². The van der Waals surface area contributed by atoms with Gasteiger partial charge >= 0.3 is 0 Å². The van der Waals surface area contributed by atoms with E-state index in [1.807, 2.05) is 29.2 Å². The van der Waals surface area contributed by atoms with Crippen molar-refractivity contribution in [2.45, 2.75) is 19.3 Å². The van der Waals surface area contributed by atoms with E-state index in [4.69, 9.17) is 0 Å². The second-order valence-corrected chi connectivity index (χ2v) is 6.77. The van der Waals surface area contributed by atoms with Crippen molar-refractivity contribution in [3.63, 3.8) is 0 Å². The van der Waals surface area contributed by atoms with E-state index in [0.29, 0.717) is 11.5 Å². The molecule has 0 aliphatic carbocycles. The quantitative estimate of drug-likeness (QED) is 0.720. The Morgan fingerprint density at radius 2 is 1.77 bits per heavy atom. The molecule has 1 atom stereocenters. The SMILES string of the molecule is Cc1ccccc1C1CCN(C(=O)c2ccccc2-c2cncnc2)C1. The van der Waals surface area contributed by atoms with Gasteiger partial charge < -0.3 is 4.90 Å². The molecule has 2 aromatic carbocycles. The molecular formula is C22H21N3O. The zero-order chi connectivity index (χ0) is 17.9. The fraction of sp³-hybridized carbons (Fsp3) is 0.227. The summed E-state index contributed by atoms with van der Waals surface area (Å²) in [6.45, 7) is 3.70. The molecule has 1 aliphatic rings. The lowest BCUT2D eigenvalue weighted by Gasteiger charge is -2.19. The number of carbonyl (C=O) groups is 1. The summed E-state index contributed by atoms with van der Waals surface area (Å²) >= 11 is 0. The van der Waals surface area contributed by atoms with E-state index in [1.54, 1.807) is 12.4 Å². The Morgan fingerprint density at radius 3 is 2.58 bits per heavy atom. The minimum atomic E-state index is 0.0838. The van der Waals surface area contributed by atoms with Crippen LogP contribution in [0.1, 0.15) is 33.8 Å². The molecule has 0 spiro atoms. The molecule has 0 radical (unpaired) electrons. The Bertz CT molecular complexity index is 923. The third-order valence-electron chi connectivity index (χ3n) is 5.13. The standard InChI is InChI=1S/C22H21N3O/c1-16-6-2-3-7-19(16)17-10-11-25(14-17)22(26)21-9-5-4-8-20(21)18-12-23-15-24-13-18/h2-9,12-13,15,17H,10-11,14H2,1H3. The van der Waals surface area contributed by atoms with Gasteiger partial charge in [-0.2, -0.15) is 0 Å². The van der Waals surface area contributed by atoms with Crippen LogP contribution in [0.3, 0.4) is 0 Å². The third-order valence-corrected chi connectivity index (χ3v) is 5.13. The smallest absolute Gasteiger partial charge is 0.254 e. The lowest BCUT2D eigenvalue weighted by molar-refractivity contribution is 0.0791. The summed E-state index contributed by atoms with van der Waals surface area (Å²) in [5.74, 6) is 0.493. The van der Waals surface area contributed by atoms with Crippen molar-refractivity contribution in [3.8, 4) is 11.1 Å². The zero-order valence-electron chi connectivity index (χ0n) is 14.8. The van der Waals surface area contributed by atoms with Crippen molar-refractivity contribution in [1.82, 2.24) is 14.9 Å². The highest BCUT2D eigenvalue weighted by atomic mass is 16.2. The van der Waals surface area contributed by atoms with Gasteiger partial charge in [-0.05, 0) is 36.1 Å². The third kappa shape index (κ3) is 3.10. The van der Waals surface area contributed by atoms with Crippen LogP contribution in [0.4, 0.5) is 0 Å². The normalized spacial score (nSPS) is 16.7. The molecule has 0 N–H and O–H groups in total. The molecule has 4 rings (SSSR count). The van der Waals surface area contributed by atoms with Gasteiger partial charge in [0, 0.05) is 42.5 Å². The van der Waals surface area contributed by atoms with Gasteiger partial charge in [-0.1, -0.05) is 42.5 Å². The van der Waals surface area contributed by atoms with E-state index < -0.39 is 0 Å². The van der Waals surface area contributed by atoms with Crippen molar-refractivity contribution in [2.24, 2.45) is 0 Å². The highest BCUT2D eigenvalue weighted by Crippen LogP contribution is 2.31. The summed E-state index contributed by atoms with van der Waals surface area (Å²) in [6.07, 6.45) is 6.01. The number of rotatable bonds is 3. The molecule has 1 aromatic heterocycles. The topological polar surface area (TPSA) is 46.1 Å². The molecule has 1 unspecified atom stereocenters. The van der Waals surface area contributed by atoms with Gasteiger partial charge in [0.05, 0.1) is 0 Å². The first-order valence-electron chi connectivity index (χ1n) is 8.93. The Kier molecular flexibility index (Phi) is 4.48. The van der Waals surface area contributed by atoms with Crippen LogP contribution < -0.4 is 0 Å². The number of amides is 1. The average Bonchev–Trinajstić information content (AvgIpc) is 3.18. The maximum Gasteiger partial charge on any atom is 0.254 e. The van der Waals surface area contributed by atoms with Crippen LogP contribution in [-0.2, 0) is 0 Å². The largest absolute Gasteiger partial charge is 0.338 e. The van der Waals surface area contributed by atoms with Gasteiger partial charge in [0.1, 0.15) is 6.33 Å². The van der Waals surface area contributed by atoms with Gasteiger partial charge in [0.2, 0.25) is 0 Å². The van der Waals surface area contributed by atoms with Crippen LogP contribution >= 0.6 is 0 Å². The molecule has 26 heavy (non-hydrogen) atoms. The molecule has 3 aromatic rings. The minimum Gasteiger partial charge on any atom is -0.338 e. The van der Waals surface area contributed by atoms with Crippen LogP contribution in [0.15, 0.2) is 67.3 Å². The maximum absolute atomic E-state index is 13.2. The number of aryl methyl sites for hydroxylation is 1. The van der Waals surface area contributed by atoms with Crippen LogP contribution in [0.2, 0.25) is 0 Å². The van der Waals surface area contributed by atoms with Gasteiger partial charge in [-0.3, -0.25) is 4.79 Å². The van der Waals surface area contributed by atoms with Gasteiger partial charge in [0.25, 0.3) is 5.91 Å². The fourth-order valence-electron chi connectivity index (χ4n) is 3.77. The molecule has 1 aliphatic heterocycles. The Hall–Kier alpha value is -3.01. The van der Waals surface area contributed by atoms with Gasteiger partial charge in [-0.25, -0.2) is 9.97 Å².